The number of ether oxygens (including phenoxy) is 1. The van der Waals surface area contributed by atoms with Crippen molar-refractivity contribution in [2.75, 3.05) is 5.32 Å². The summed E-state index contributed by atoms with van der Waals surface area (Å²) in [5.41, 5.74) is -1.62. The molecule has 1 fully saturated rings. The Morgan fingerprint density at radius 2 is 1.92 bits per heavy atom. The summed E-state index contributed by atoms with van der Waals surface area (Å²) in [6, 6.07) is 5.03. The molecule has 1 aliphatic rings. The molecule has 11 heteroatoms. The number of halogens is 2. The van der Waals surface area contributed by atoms with Crippen molar-refractivity contribution in [3.63, 3.8) is 0 Å². The SMILES string of the molecule is CC(C)(O)Cn1ccc(NC(=O)[C@@H](CC2CCCCC2)n2ncc(Oc3c(F)cccc3F)cc2=O)n1. The molecule has 1 amide bonds. The van der Waals surface area contributed by atoms with Gasteiger partial charge in [-0.1, -0.05) is 38.2 Å². The molecule has 0 bridgehead atoms. The van der Waals surface area contributed by atoms with Gasteiger partial charge in [0, 0.05) is 18.3 Å². The second-order valence-electron chi connectivity index (χ2n) is 10.1. The standard InChI is InChI=1S/C26H31F2N5O4/c1-26(2,36)16-32-12-11-22(31-32)30-25(35)21(13-17-7-4-3-5-8-17)33-23(34)14-18(15-29-33)37-24-19(27)9-6-10-20(24)28/h6,9-12,14-15,17,21,36H,3-5,7-8,13,16H2,1-2H3,(H,30,31,35)/t21-/m1/s1. The third-order valence-corrected chi connectivity index (χ3v) is 6.26. The Kier molecular flexibility index (Phi) is 8.01. The molecule has 0 spiro atoms. The lowest BCUT2D eigenvalue weighted by Crippen LogP contribution is -2.36. The Hall–Kier alpha value is -3.60. The second kappa shape index (κ2) is 11.2. The van der Waals surface area contributed by atoms with Gasteiger partial charge in [-0.25, -0.2) is 13.5 Å². The Labute approximate surface area is 213 Å². The smallest absolute Gasteiger partial charge is 0.271 e. The van der Waals surface area contributed by atoms with E-state index in [0.717, 1.165) is 61.2 Å². The van der Waals surface area contributed by atoms with Crippen molar-refractivity contribution in [3.05, 3.63) is 64.7 Å². The maximum Gasteiger partial charge on any atom is 0.271 e. The number of benzene rings is 1. The molecule has 0 unspecified atom stereocenters. The molecule has 2 heterocycles. The number of hydrogen-bond donors (Lipinski definition) is 2. The van der Waals surface area contributed by atoms with Gasteiger partial charge in [0.2, 0.25) is 0 Å². The molecule has 198 valence electrons. The quantitative estimate of drug-likeness (QED) is 0.436. The van der Waals surface area contributed by atoms with Gasteiger partial charge in [-0.05, 0) is 38.3 Å². The molecule has 3 aromatic rings. The van der Waals surface area contributed by atoms with Crippen molar-refractivity contribution in [2.45, 2.75) is 70.6 Å². The van der Waals surface area contributed by atoms with E-state index in [0.29, 0.717) is 6.42 Å². The van der Waals surface area contributed by atoms with E-state index in [1.165, 1.54) is 10.7 Å². The normalized spacial score (nSPS) is 15.4. The van der Waals surface area contributed by atoms with Crippen molar-refractivity contribution in [3.8, 4) is 11.5 Å². The van der Waals surface area contributed by atoms with Crippen LogP contribution in [0.1, 0.15) is 58.4 Å². The van der Waals surface area contributed by atoms with Gasteiger partial charge in [0.1, 0.15) is 6.04 Å². The van der Waals surface area contributed by atoms with Gasteiger partial charge in [-0.2, -0.15) is 10.2 Å². The number of para-hydroxylation sites is 1. The third-order valence-electron chi connectivity index (χ3n) is 6.26. The number of rotatable bonds is 9. The van der Waals surface area contributed by atoms with Gasteiger partial charge in [-0.15, -0.1) is 0 Å². The molecule has 0 aliphatic heterocycles. The summed E-state index contributed by atoms with van der Waals surface area (Å²) >= 11 is 0. The molecule has 0 saturated heterocycles. The van der Waals surface area contributed by atoms with E-state index < -0.39 is 40.5 Å². The van der Waals surface area contributed by atoms with E-state index in [2.05, 4.69) is 15.5 Å². The Bertz CT molecular complexity index is 1270. The number of aliphatic hydroxyl groups is 1. The van der Waals surface area contributed by atoms with Crippen molar-refractivity contribution in [1.82, 2.24) is 19.6 Å². The summed E-state index contributed by atoms with van der Waals surface area (Å²) < 4.78 is 35.8. The van der Waals surface area contributed by atoms with Crippen LogP contribution in [0, 0.1) is 17.6 Å². The van der Waals surface area contributed by atoms with Gasteiger partial charge in [0.25, 0.3) is 11.5 Å². The van der Waals surface area contributed by atoms with Crippen LogP contribution in [0.2, 0.25) is 0 Å². The lowest BCUT2D eigenvalue weighted by Gasteiger charge is -2.26. The molecule has 2 aromatic heterocycles. The van der Waals surface area contributed by atoms with Crippen molar-refractivity contribution in [1.29, 1.82) is 0 Å². The van der Waals surface area contributed by atoms with Gasteiger partial charge in [-0.3, -0.25) is 14.3 Å². The van der Waals surface area contributed by atoms with Crippen LogP contribution in [0.15, 0.2) is 47.5 Å². The summed E-state index contributed by atoms with van der Waals surface area (Å²) in [7, 11) is 0. The summed E-state index contributed by atoms with van der Waals surface area (Å²) in [5, 5.41) is 21.2. The Morgan fingerprint density at radius 3 is 2.57 bits per heavy atom. The summed E-state index contributed by atoms with van der Waals surface area (Å²) in [6.45, 7) is 3.54. The van der Waals surface area contributed by atoms with E-state index in [1.54, 1.807) is 26.1 Å². The molecule has 1 aromatic carbocycles. The first-order chi connectivity index (χ1) is 17.6. The fourth-order valence-electron chi connectivity index (χ4n) is 4.57. The fraction of sp³-hybridized carbons (Fsp3) is 0.462. The first-order valence-corrected chi connectivity index (χ1v) is 12.4. The van der Waals surface area contributed by atoms with E-state index in [4.69, 9.17) is 4.74 Å². The third kappa shape index (κ3) is 7.00. The average molecular weight is 516 g/mol. The molecule has 37 heavy (non-hydrogen) atoms. The predicted molar refractivity (Wildman–Crippen MR) is 132 cm³/mol. The number of hydrogen-bond acceptors (Lipinski definition) is 6. The number of anilines is 1. The molecule has 9 nitrogen and oxygen atoms in total. The van der Waals surface area contributed by atoms with Crippen LogP contribution < -0.4 is 15.6 Å². The van der Waals surface area contributed by atoms with E-state index in [-0.39, 0.29) is 24.0 Å². The Morgan fingerprint density at radius 1 is 1.22 bits per heavy atom. The number of amides is 1. The maximum absolute atomic E-state index is 14.0. The maximum atomic E-state index is 14.0. The zero-order chi connectivity index (χ0) is 26.6. The zero-order valence-electron chi connectivity index (χ0n) is 20.9. The van der Waals surface area contributed by atoms with Crippen LogP contribution in [-0.4, -0.2) is 36.2 Å². The lowest BCUT2D eigenvalue weighted by molar-refractivity contribution is -0.120. The van der Waals surface area contributed by atoms with Crippen molar-refractivity contribution < 1.29 is 23.4 Å². The molecule has 1 saturated carbocycles. The largest absolute Gasteiger partial charge is 0.449 e. The zero-order valence-corrected chi connectivity index (χ0v) is 20.9. The van der Waals surface area contributed by atoms with E-state index >= 15 is 0 Å². The Balaban J connectivity index is 1.57. The first kappa shape index (κ1) is 26.5. The molecule has 4 rings (SSSR count). The predicted octanol–water partition coefficient (Wildman–Crippen LogP) is 4.43. The highest BCUT2D eigenvalue weighted by Crippen LogP contribution is 2.31. The van der Waals surface area contributed by atoms with Gasteiger partial charge >= 0.3 is 0 Å². The van der Waals surface area contributed by atoms with Gasteiger partial charge in [0.05, 0.1) is 18.3 Å². The highest BCUT2D eigenvalue weighted by molar-refractivity contribution is 5.92. The van der Waals surface area contributed by atoms with Gasteiger partial charge < -0.3 is 15.2 Å². The van der Waals surface area contributed by atoms with Crippen LogP contribution in [0.25, 0.3) is 0 Å². The lowest BCUT2D eigenvalue weighted by atomic mass is 9.84. The molecular weight excluding hydrogens is 484 g/mol. The van der Waals surface area contributed by atoms with E-state index in [1.807, 2.05) is 0 Å². The first-order valence-electron chi connectivity index (χ1n) is 12.4. The van der Waals surface area contributed by atoms with Crippen LogP contribution in [-0.2, 0) is 11.3 Å². The van der Waals surface area contributed by atoms with Gasteiger partial charge in [0.15, 0.2) is 29.0 Å². The molecule has 0 radical (unpaired) electrons. The van der Waals surface area contributed by atoms with Crippen molar-refractivity contribution in [2.24, 2.45) is 5.92 Å². The molecule has 1 atom stereocenters. The summed E-state index contributed by atoms with van der Waals surface area (Å²) in [6.07, 6.45) is 8.37. The molecule has 2 N–H and O–H groups in total. The number of carbonyl (C=O) groups is 1. The molecule has 1 aliphatic carbocycles. The van der Waals surface area contributed by atoms with E-state index in [9.17, 15) is 23.5 Å². The average Bonchev–Trinajstić information content (AvgIpc) is 3.26. The van der Waals surface area contributed by atoms with Crippen LogP contribution in [0.4, 0.5) is 14.6 Å². The monoisotopic (exact) mass is 515 g/mol. The van der Waals surface area contributed by atoms with Crippen LogP contribution in [0.5, 0.6) is 11.5 Å². The van der Waals surface area contributed by atoms with Crippen LogP contribution in [0.3, 0.4) is 0 Å². The van der Waals surface area contributed by atoms with Crippen molar-refractivity contribution >= 4 is 11.7 Å². The number of carbonyl (C=O) groups excluding carboxylic acids is 1. The van der Waals surface area contributed by atoms with Crippen LogP contribution >= 0.6 is 0 Å². The number of nitrogens with zero attached hydrogens (tertiary/aromatic N) is 4. The topological polar surface area (TPSA) is 111 Å². The highest BCUT2D eigenvalue weighted by Gasteiger charge is 2.28. The minimum Gasteiger partial charge on any atom is -0.449 e. The minimum atomic E-state index is -0.983. The molecular formula is C26H31F2N5O4. The highest BCUT2D eigenvalue weighted by atomic mass is 19.1. The fourth-order valence-corrected chi connectivity index (χ4v) is 4.57. The summed E-state index contributed by atoms with van der Waals surface area (Å²) in [4.78, 5) is 26.4. The number of aromatic nitrogens is 4. The number of nitrogens with one attached hydrogen (secondary N) is 1. The second-order valence-corrected chi connectivity index (χ2v) is 10.1. The minimum absolute atomic E-state index is 0.146. The summed E-state index contributed by atoms with van der Waals surface area (Å²) in [5.74, 6) is -2.54.